The van der Waals surface area contributed by atoms with Crippen LogP contribution in [0.5, 0.6) is 5.75 Å². The molecule has 0 saturated carbocycles. The van der Waals surface area contributed by atoms with Crippen LogP contribution in [-0.4, -0.2) is 11.4 Å². The Morgan fingerprint density at radius 3 is 2.67 bits per heavy atom. The molecule has 18 heavy (non-hydrogen) atoms. The highest BCUT2D eigenvalue weighted by molar-refractivity contribution is 9.10. The molecule has 0 aliphatic rings. The van der Waals surface area contributed by atoms with Gasteiger partial charge in [-0.25, -0.2) is 0 Å². The van der Waals surface area contributed by atoms with E-state index in [-0.39, 0.29) is 11.3 Å². The smallest absolute Gasteiger partial charge is 0.153 e. The summed E-state index contributed by atoms with van der Waals surface area (Å²) < 4.78 is 0.879. The van der Waals surface area contributed by atoms with E-state index in [0.717, 1.165) is 15.6 Å². The van der Waals surface area contributed by atoms with Gasteiger partial charge in [0.2, 0.25) is 0 Å². The first kappa shape index (κ1) is 13.1. The lowest BCUT2D eigenvalue weighted by Crippen LogP contribution is -1.91. The van der Waals surface area contributed by atoms with Gasteiger partial charge in [0.05, 0.1) is 10.6 Å². The summed E-state index contributed by atoms with van der Waals surface area (Å²) in [5.41, 5.74) is 2.25. The number of hydrogen-bond acceptors (Lipinski definition) is 2. The standard InChI is InChI=1S/C14H10BrClO2/c1-8-5-10(7-17)14(18)12(13(8)16)9-3-2-4-11(15)6-9/h2-7,18H,1H3. The number of hydrogen-bond donors (Lipinski definition) is 1. The summed E-state index contributed by atoms with van der Waals surface area (Å²) in [5.74, 6) is -0.0845. The van der Waals surface area contributed by atoms with E-state index in [1.807, 2.05) is 24.3 Å². The zero-order chi connectivity index (χ0) is 13.3. The van der Waals surface area contributed by atoms with Crippen molar-refractivity contribution in [2.45, 2.75) is 6.92 Å². The molecule has 92 valence electrons. The number of carbonyl (C=O) groups is 1. The monoisotopic (exact) mass is 324 g/mol. The molecular weight excluding hydrogens is 316 g/mol. The minimum absolute atomic E-state index is 0.0845. The van der Waals surface area contributed by atoms with E-state index < -0.39 is 0 Å². The van der Waals surface area contributed by atoms with Gasteiger partial charge < -0.3 is 5.11 Å². The molecule has 0 atom stereocenters. The lowest BCUT2D eigenvalue weighted by atomic mass is 9.99. The van der Waals surface area contributed by atoms with E-state index in [2.05, 4.69) is 15.9 Å². The fourth-order valence-electron chi connectivity index (χ4n) is 1.81. The summed E-state index contributed by atoms with van der Waals surface area (Å²) in [7, 11) is 0. The van der Waals surface area contributed by atoms with Gasteiger partial charge in [0.25, 0.3) is 0 Å². The van der Waals surface area contributed by atoms with Gasteiger partial charge in [-0.15, -0.1) is 0 Å². The van der Waals surface area contributed by atoms with Crippen LogP contribution in [-0.2, 0) is 0 Å². The van der Waals surface area contributed by atoms with Gasteiger partial charge in [-0.1, -0.05) is 39.7 Å². The maximum Gasteiger partial charge on any atom is 0.153 e. The number of aromatic hydroxyl groups is 1. The normalized spacial score (nSPS) is 10.4. The fourth-order valence-corrected chi connectivity index (χ4v) is 2.46. The Balaban J connectivity index is 2.77. The van der Waals surface area contributed by atoms with Crippen molar-refractivity contribution in [2.75, 3.05) is 0 Å². The number of phenolic OH excluding ortho intramolecular Hbond substituents is 1. The van der Waals surface area contributed by atoms with Crippen molar-refractivity contribution in [3.63, 3.8) is 0 Å². The first-order chi connectivity index (χ1) is 8.54. The van der Waals surface area contributed by atoms with Crippen LogP contribution in [0.4, 0.5) is 0 Å². The Kier molecular flexibility index (Phi) is 3.73. The van der Waals surface area contributed by atoms with Crippen molar-refractivity contribution in [3.05, 3.63) is 51.0 Å². The van der Waals surface area contributed by atoms with Gasteiger partial charge >= 0.3 is 0 Å². The summed E-state index contributed by atoms with van der Waals surface area (Å²) in [6.07, 6.45) is 0.625. The highest BCUT2D eigenvalue weighted by atomic mass is 79.9. The van der Waals surface area contributed by atoms with E-state index in [9.17, 15) is 9.90 Å². The lowest BCUT2D eigenvalue weighted by molar-refractivity contribution is 0.112. The van der Waals surface area contributed by atoms with Crippen molar-refractivity contribution in [3.8, 4) is 16.9 Å². The molecule has 0 bridgehead atoms. The van der Waals surface area contributed by atoms with Crippen LogP contribution in [0, 0.1) is 6.92 Å². The second-order valence-electron chi connectivity index (χ2n) is 3.95. The topological polar surface area (TPSA) is 37.3 Å². The third-order valence-electron chi connectivity index (χ3n) is 2.69. The molecule has 0 aromatic heterocycles. The SMILES string of the molecule is Cc1cc(C=O)c(O)c(-c2cccc(Br)c2)c1Cl. The summed E-state index contributed by atoms with van der Waals surface area (Å²) in [4.78, 5) is 10.9. The zero-order valence-corrected chi connectivity index (χ0v) is 11.9. The third-order valence-corrected chi connectivity index (χ3v) is 3.67. The molecule has 0 saturated heterocycles. The molecule has 4 heteroatoms. The number of rotatable bonds is 2. The highest BCUT2D eigenvalue weighted by Crippen LogP contribution is 2.40. The van der Waals surface area contributed by atoms with E-state index in [4.69, 9.17) is 11.6 Å². The van der Waals surface area contributed by atoms with Crippen molar-refractivity contribution in [2.24, 2.45) is 0 Å². The number of aldehydes is 1. The molecule has 0 spiro atoms. The highest BCUT2D eigenvalue weighted by Gasteiger charge is 2.16. The zero-order valence-electron chi connectivity index (χ0n) is 9.58. The molecule has 0 radical (unpaired) electrons. The second kappa shape index (κ2) is 5.12. The van der Waals surface area contributed by atoms with Gasteiger partial charge in [0.15, 0.2) is 6.29 Å². The minimum atomic E-state index is -0.0845. The second-order valence-corrected chi connectivity index (χ2v) is 5.24. The molecule has 2 aromatic rings. The van der Waals surface area contributed by atoms with Crippen LogP contribution >= 0.6 is 27.5 Å². The quantitative estimate of drug-likeness (QED) is 0.820. The molecular formula is C14H10BrClO2. The summed E-state index contributed by atoms with van der Waals surface area (Å²) in [6, 6.07) is 8.98. The van der Waals surface area contributed by atoms with E-state index in [1.54, 1.807) is 13.0 Å². The van der Waals surface area contributed by atoms with Gasteiger partial charge in [-0.2, -0.15) is 0 Å². The molecule has 0 aliphatic carbocycles. The maximum atomic E-state index is 10.9. The van der Waals surface area contributed by atoms with E-state index in [0.29, 0.717) is 16.9 Å². The Bertz CT molecular complexity index is 623. The Morgan fingerprint density at radius 1 is 1.33 bits per heavy atom. The van der Waals surface area contributed by atoms with Gasteiger partial charge in [-0.05, 0) is 36.2 Å². The Hall–Kier alpha value is -1.32. The van der Waals surface area contributed by atoms with Crippen molar-refractivity contribution < 1.29 is 9.90 Å². The number of aryl methyl sites for hydroxylation is 1. The summed E-state index contributed by atoms with van der Waals surface area (Å²) in [5, 5.41) is 10.6. The predicted molar refractivity (Wildman–Crippen MR) is 76.4 cm³/mol. The number of halogens is 2. The molecule has 0 fully saturated rings. The molecule has 1 N–H and O–H groups in total. The number of phenols is 1. The summed E-state index contributed by atoms with van der Waals surface area (Å²) >= 11 is 9.59. The lowest BCUT2D eigenvalue weighted by Gasteiger charge is -2.12. The van der Waals surface area contributed by atoms with Crippen molar-refractivity contribution in [1.82, 2.24) is 0 Å². The molecule has 2 aromatic carbocycles. The van der Waals surface area contributed by atoms with Crippen LogP contribution in [0.1, 0.15) is 15.9 Å². The molecule has 0 aliphatic heterocycles. The van der Waals surface area contributed by atoms with E-state index >= 15 is 0 Å². The fraction of sp³-hybridized carbons (Fsp3) is 0.0714. The van der Waals surface area contributed by atoms with Crippen LogP contribution in [0.3, 0.4) is 0 Å². The van der Waals surface area contributed by atoms with Crippen LogP contribution < -0.4 is 0 Å². The average molecular weight is 326 g/mol. The predicted octanol–water partition coefficient (Wildman–Crippen LogP) is 4.60. The Labute approximate surface area is 118 Å². The third kappa shape index (κ3) is 2.28. The average Bonchev–Trinajstić information content (AvgIpc) is 2.34. The van der Waals surface area contributed by atoms with Crippen LogP contribution in [0.15, 0.2) is 34.8 Å². The summed E-state index contributed by atoms with van der Waals surface area (Å²) in [6.45, 7) is 1.80. The molecule has 2 rings (SSSR count). The number of carbonyl (C=O) groups excluding carboxylic acids is 1. The van der Waals surface area contributed by atoms with E-state index in [1.165, 1.54) is 0 Å². The van der Waals surface area contributed by atoms with Crippen LogP contribution in [0.25, 0.3) is 11.1 Å². The van der Waals surface area contributed by atoms with Gasteiger partial charge in [-0.3, -0.25) is 4.79 Å². The molecule has 0 heterocycles. The van der Waals surface area contributed by atoms with Crippen LogP contribution in [0.2, 0.25) is 5.02 Å². The largest absolute Gasteiger partial charge is 0.506 e. The van der Waals surface area contributed by atoms with Gasteiger partial charge in [0.1, 0.15) is 5.75 Å². The maximum absolute atomic E-state index is 10.9. The first-order valence-corrected chi connectivity index (χ1v) is 6.45. The first-order valence-electron chi connectivity index (χ1n) is 5.27. The van der Waals surface area contributed by atoms with Crippen molar-refractivity contribution in [1.29, 1.82) is 0 Å². The Morgan fingerprint density at radius 2 is 2.06 bits per heavy atom. The minimum Gasteiger partial charge on any atom is -0.506 e. The molecule has 0 amide bonds. The number of benzene rings is 2. The van der Waals surface area contributed by atoms with Gasteiger partial charge in [0, 0.05) is 10.0 Å². The molecule has 0 unspecified atom stereocenters. The molecule has 2 nitrogen and oxygen atoms in total. The van der Waals surface area contributed by atoms with Crippen molar-refractivity contribution >= 4 is 33.8 Å².